The van der Waals surface area contributed by atoms with Crippen LogP contribution in [0.3, 0.4) is 0 Å². The first-order chi connectivity index (χ1) is 22.5. The Labute approximate surface area is 278 Å². The third-order valence-corrected chi connectivity index (χ3v) is 11.7. The molecule has 1 saturated heterocycles. The highest BCUT2D eigenvalue weighted by molar-refractivity contribution is 5.92. The molecule has 14 nitrogen and oxygen atoms in total. The fourth-order valence-electron chi connectivity index (χ4n) is 9.64. The molecule has 0 bridgehead atoms. The number of ketones is 2. The summed E-state index contributed by atoms with van der Waals surface area (Å²) in [5.74, 6) is -4.35. The van der Waals surface area contributed by atoms with Crippen LogP contribution in [0, 0.1) is 28.6 Å². The summed E-state index contributed by atoms with van der Waals surface area (Å²) in [7, 11) is 1.06. The van der Waals surface area contributed by atoms with Crippen molar-refractivity contribution < 1.29 is 67.4 Å². The number of aliphatic hydroxyl groups is 2. The average Bonchev–Trinajstić information content (AvgIpc) is 3.27. The first-order valence-electron chi connectivity index (χ1n) is 16.5. The molecule has 2 N–H and O–H groups in total. The summed E-state index contributed by atoms with van der Waals surface area (Å²) in [6.07, 6.45) is -3.88. The Morgan fingerprint density at radius 1 is 0.917 bits per heavy atom. The number of Topliss-reactive ketones (excluding diaryl/α,β-unsaturated/α-hetero) is 1. The fourth-order valence-corrected chi connectivity index (χ4v) is 9.64. The molecule has 14 heteroatoms. The van der Waals surface area contributed by atoms with Crippen molar-refractivity contribution in [2.24, 2.45) is 28.6 Å². The highest BCUT2D eigenvalue weighted by Crippen LogP contribution is 2.67. The molecule has 0 spiro atoms. The van der Waals surface area contributed by atoms with Gasteiger partial charge in [0.2, 0.25) is 0 Å². The summed E-state index contributed by atoms with van der Waals surface area (Å²) in [6.45, 7) is 6.38. The monoisotopic (exact) mass is 678 g/mol. The number of ether oxygens (including phenoxy) is 6. The largest absolute Gasteiger partial charge is 0.467 e. The Balaban J connectivity index is 1.39. The van der Waals surface area contributed by atoms with Crippen LogP contribution in [-0.4, -0.2) is 102 Å². The second-order valence-corrected chi connectivity index (χ2v) is 14.4. The molecule has 0 amide bonds. The van der Waals surface area contributed by atoms with E-state index in [1.54, 1.807) is 6.08 Å². The Hall–Kier alpha value is -3.20. The predicted octanol–water partition coefficient (Wildman–Crippen LogP) is 1.50. The first kappa shape index (κ1) is 36.1. The standard InChI is InChI=1S/C34H46O14/c1-16(35)45-26-27(46-17(2)36)29(47-18(3)37)31(48-28(26)30(41)43-6)44-15-24(40)34(42)12-10-22-21-8-7-19-13-20(38)9-11-32(19,4)25(21)23(39)14-33(22,34)5/h13,21-23,25-29,31,39,42H,7-12,14-15H2,1-6H3/t21-,22-,23+,25+,26-,27-,28+,29+,31+,32+,33+,34-/m1/s1. The van der Waals surface area contributed by atoms with Gasteiger partial charge in [-0.25, -0.2) is 4.79 Å². The molecule has 0 aromatic rings. The number of carbonyl (C=O) groups is 6. The maximum Gasteiger partial charge on any atom is 0.339 e. The van der Waals surface area contributed by atoms with Gasteiger partial charge in [-0.15, -0.1) is 0 Å². The molecule has 1 aliphatic heterocycles. The molecule has 0 aromatic carbocycles. The van der Waals surface area contributed by atoms with Crippen molar-refractivity contribution in [2.45, 2.75) is 122 Å². The number of fused-ring (bicyclic) bond motifs is 5. The van der Waals surface area contributed by atoms with E-state index in [9.17, 15) is 39.0 Å². The minimum atomic E-state index is -1.90. The topological polar surface area (TPSA) is 198 Å². The number of allylic oxidation sites excluding steroid dienone is 1. The predicted molar refractivity (Wildman–Crippen MR) is 161 cm³/mol. The summed E-state index contributed by atoms with van der Waals surface area (Å²) < 4.78 is 32.4. The number of esters is 4. The molecule has 1 heterocycles. The van der Waals surface area contributed by atoms with Gasteiger partial charge in [-0.2, -0.15) is 0 Å². The van der Waals surface area contributed by atoms with Crippen LogP contribution in [-0.2, 0) is 57.2 Å². The molecule has 3 saturated carbocycles. The number of carbonyl (C=O) groups excluding carboxylic acids is 6. The van der Waals surface area contributed by atoms with Gasteiger partial charge in [0.1, 0.15) is 12.2 Å². The van der Waals surface area contributed by atoms with Crippen molar-refractivity contribution >= 4 is 35.4 Å². The molecule has 48 heavy (non-hydrogen) atoms. The lowest BCUT2D eigenvalue weighted by Gasteiger charge is -2.60. The molecule has 266 valence electrons. The van der Waals surface area contributed by atoms with Gasteiger partial charge in [0.05, 0.1) is 13.2 Å². The van der Waals surface area contributed by atoms with E-state index in [0.717, 1.165) is 39.9 Å². The fraction of sp³-hybridized carbons (Fsp3) is 0.765. The lowest BCUT2D eigenvalue weighted by Crippen LogP contribution is -2.64. The molecule has 4 aliphatic carbocycles. The van der Waals surface area contributed by atoms with Crippen LogP contribution in [0.4, 0.5) is 0 Å². The maximum absolute atomic E-state index is 14.0. The van der Waals surface area contributed by atoms with Gasteiger partial charge < -0.3 is 38.6 Å². The molecular weight excluding hydrogens is 632 g/mol. The van der Waals surface area contributed by atoms with E-state index in [0.29, 0.717) is 25.7 Å². The van der Waals surface area contributed by atoms with E-state index in [-0.39, 0.29) is 41.8 Å². The average molecular weight is 679 g/mol. The van der Waals surface area contributed by atoms with Crippen molar-refractivity contribution in [2.75, 3.05) is 13.7 Å². The van der Waals surface area contributed by atoms with Gasteiger partial charge in [-0.1, -0.05) is 19.4 Å². The minimum absolute atomic E-state index is 0.0235. The Kier molecular flexibility index (Phi) is 9.97. The van der Waals surface area contributed by atoms with Crippen molar-refractivity contribution in [3.63, 3.8) is 0 Å². The molecule has 4 fully saturated rings. The van der Waals surface area contributed by atoms with Crippen LogP contribution < -0.4 is 0 Å². The third-order valence-electron chi connectivity index (χ3n) is 11.7. The van der Waals surface area contributed by atoms with E-state index in [1.807, 2.05) is 6.92 Å². The van der Waals surface area contributed by atoms with Gasteiger partial charge in [-0.3, -0.25) is 24.0 Å². The zero-order valence-corrected chi connectivity index (χ0v) is 28.2. The van der Waals surface area contributed by atoms with Crippen molar-refractivity contribution in [1.29, 1.82) is 0 Å². The smallest absolute Gasteiger partial charge is 0.339 e. The van der Waals surface area contributed by atoms with Gasteiger partial charge in [0.25, 0.3) is 0 Å². The van der Waals surface area contributed by atoms with Crippen LogP contribution in [0.1, 0.15) is 79.6 Å². The zero-order valence-electron chi connectivity index (χ0n) is 28.2. The Bertz CT molecular complexity index is 1390. The van der Waals surface area contributed by atoms with Gasteiger partial charge in [0, 0.05) is 32.6 Å². The minimum Gasteiger partial charge on any atom is -0.467 e. The van der Waals surface area contributed by atoms with Gasteiger partial charge in [-0.05, 0) is 67.8 Å². The van der Waals surface area contributed by atoms with E-state index in [4.69, 9.17) is 28.4 Å². The summed E-state index contributed by atoms with van der Waals surface area (Å²) in [6, 6.07) is 0. The Morgan fingerprint density at radius 3 is 2.17 bits per heavy atom. The molecule has 5 rings (SSSR count). The van der Waals surface area contributed by atoms with E-state index < -0.39 is 84.1 Å². The van der Waals surface area contributed by atoms with Crippen LogP contribution >= 0.6 is 0 Å². The number of hydrogen-bond acceptors (Lipinski definition) is 14. The zero-order chi connectivity index (χ0) is 35.3. The Morgan fingerprint density at radius 2 is 1.54 bits per heavy atom. The van der Waals surface area contributed by atoms with Gasteiger partial charge in [0.15, 0.2) is 42.3 Å². The van der Waals surface area contributed by atoms with Crippen molar-refractivity contribution in [3.8, 4) is 0 Å². The van der Waals surface area contributed by atoms with Crippen LogP contribution in [0.15, 0.2) is 11.6 Å². The van der Waals surface area contributed by atoms with E-state index in [1.165, 1.54) is 0 Å². The summed E-state index contributed by atoms with van der Waals surface area (Å²) in [4.78, 5) is 75.2. The highest BCUT2D eigenvalue weighted by atomic mass is 16.7. The number of aliphatic hydroxyl groups excluding tert-OH is 1. The SMILES string of the molecule is COC(=O)[C@H]1O[C@H](OCC(=O)[C@]2(O)CC[C@@H]3[C@H]4CCC5=CC(=O)CC[C@]5(C)[C@@H]4[C@@H](O)C[C@@]32C)[C@@H](OC(C)=O)[C@H](OC(C)=O)[C@H]1OC(C)=O. The normalized spacial score (nSPS) is 41.9. The maximum atomic E-state index is 14.0. The lowest BCUT2D eigenvalue weighted by atomic mass is 9.45. The van der Waals surface area contributed by atoms with Crippen LogP contribution in [0.2, 0.25) is 0 Å². The molecule has 0 unspecified atom stereocenters. The first-order valence-corrected chi connectivity index (χ1v) is 16.5. The third kappa shape index (κ3) is 6.09. The quantitative estimate of drug-likeness (QED) is 0.277. The van der Waals surface area contributed by atoms with E-state index >= 15 is 0 Å². The molecular formula is C34H46O14. The molecule has 0 aromatic heterocycles. The van der Waals surface area contributed by atoms with Crippen molar-refractivity contribution in [1.82, 2.24) is 0 Å². The summed E-state index contributed by atoms with van der Waals surface area (Å²) in [5, 5.41) is 23.9. The van der Waals surface area contributed by atoms with Crippen LogP contribution in [0.25, 0.3) is 0 Å². The molecule has 5 aliphatic rings. The molecule has 12 atom stereocenters. The second-order valence-electron chi connectivity index (χ2n) is 14.4. The summed E-state index contributed by atoms with van der Waals surface area (Å²) in [5.41, 5.74) is -2.17. The number of rotatable bonds is 8. The number of methoxy groups -OCH3 is 1. The van der Waals surface area contributed by atoms with Crippen molar-refractivity contribution in [3.05, 3.63) is 11.6 Å². The second kappa shape index (κ2) is 13.3. The molecule has 0 radical (unpaired) electrons. The lowest BCUT2D eigenvalue weighted by molar-refractivity contribution is -0.300. The summed E-state index contributed by atoms with van der Waals surface area (Å²) >= 11 is 0. The van der Waals surface area contributed by atoms with E-state index in [2.05, 4.69) is 6.92 Å². The van der Waals surface area contributed by atoms with Crippen LogP contribution in [0.5, 0.6) is 0 Å². The highest BCUT2D eigenvalue weighted by Gasteiger charge is 2.68. The van der Waals surface area contributed by atoms with Gasteiger partial charge >= 0.3 is 23.9 Å². The number of hydrogen-bond donors (Lipinski definition) is 2.